The van der Waals surface area contributed by atoms with Crippen LogP contribution >= 0.6 is 0 Å². The Bertz CT molecular complexity index is 827. The molecule has 3 aromatic rings. The maximum Gasteiger partial charge on any atom is 0.235 e. The number of rotatable bonds is 3. The van der Waals surface area contributed by atoms with Crippen LogP contribution in [-0.2, 0) is 11.2 Å². The lowest BCUT2D eigenvalue weighted by molar-refractivity contribution is 0.316. The minimum Gasteiger partial charge on any atom is -0.474 e. The molecule has 0 unspecified atom stereocenters. The van der Waals surface area contributed by atoms with Gasteiger partial charge in [-0.15, -0.1) is 0 Å². The summed E-state index contributed by atoms with van der Waals surface area (Å²) in [5, 5.41) is 1.13. The molecule has 1 aliphatic heterocycles. The van der Waals surface area contributed by atoms with Crippen molar-refractivity contribution >= 4 is 16.8 Å². The number of hydrogen-bond donors (Lipinski definition) is 0. The number of pyridine rings is 1. The van der Waals surface area contributed by atoms with Crippen molar-refractivity contribution in [3.8, 4) is 0 Å². The Morgan fingerprint density at radius 2 is 1.73 bits per heavy atom. The first kappa shape index (κ1) is 13.0. The van der Waals surface area contributed by atoms with Crippen molar-refractivity contribution in [2.45, 2.75) is 12.5 Å². The zero-order chi connectivity index (χ0) is 14.8. The highest BCUT2D eigenvalue weighted by Gasteiger charge is 2.21. The van der Waals surface area contributed by atoms with Crippen LogP contribution in [0.2, 0.25) is 0 Å². The average molecular weight is 288 g/mol. The topological polar surface area (TPSA) is 34.5 Å². The van der Waals surface area contributed by atoms with Gasteiger partial charge in [-0.2, -0.15) is 0 Å². The average Bonchev–Trinajstić information content (AvgIpc) is 3.04. The third-order valence-electron chi connectivity index (χ3n) is 3.84. The Balaban J connectivity index is 1.58. The molecule has 0 radical (unpaired) electrons. The minimum atomic E-state index is 0.172. The summed E-state index contributed by atoms with van der Waals surface area (Å²) in [5.41, 5.74) is 3.07. The number of benzene rings is 2. The molecule has 1 aliphatic rings. The van der Waals surface area contributed by atoms with E-state index < -0.39 is 0 Å². The van der Waals surface area contributed by atoms with Crippen LogP contribution in [0, 0.1) is 0 Å². The van der Waals surface area contributed by atoms with Crippen molar-refractivity contribution in [3.63, 3.8) is 0 Å². The van der Waals surface area contributed by atoms with E-state index in [0.717, 1.165) is 23.0 Å². The smallest absolute Gasteiger partial charge is 0.235 e. The maximum absolute atomic E-state index is 5.76. The van der Waals surface area contributed by atoms with Crippen molar-refractivity contribution in [1.29, 1.82) is 0 Å². The molecule has 1 aromatic heterocycles. The van der Waals surface area contributed by atoms with Gasteiger partial charge in [0.2, 0.25) is 5.90 Å². The molecular weight excluding hydrogens is 272 g/mol. The summed E-state index contributed by atoms with van der Waals surface area (Å²) in [5.74, 6) is 0.659. The van der Waals surface area contributed by atoms with Gasteiger partial charge in [0.25, 0.3) is 0 Å². The van der Waals surface area contributed by atoms with Crippen LogP contribution in [0.25, 0.3) is 10.9 Å². The number of aromatic nitrogens is 1. The second-order valence-corrected chi connectivity index (χ2v) is 5.48. The number of aliphatic imine (C=N–C) groups is 1. The summed E-state index contributed by atoms with van der Waals surface area (Å²) in [6.07, 6.45) is 0.901. The van der Waals surface area contributed by atoms with Gasteiger partial charge >= 0.3 is 0 Å². The van der Waals surface area contributed by atoms with E-state index in [4.69, 9.17) is 9.73 Å². The Morgan fingerprint density at radius 3 is 2.64 bits per heavy atom. The molecule has 22 heavy (non-hydrogen) atoms. The Morgan fingerprint density at radius 1 is 0.909 bits per heavy atom. The first-order chi connectivity index (χ1) is 10.9. The Hall–Kier alpha value is -2.68. The molecule has 2 heterocycles. The summed E-state index contributed by atoms with van der Waals surface area (Å²) in [7, 11) is 0. The fourth-order valence-corrected chi connectivity index (χ4v) is 2.73. The van der Waals surface area contributed by atoms with Crippen LogP contribution < -0.4 is 0 Å². The van der Waals surface area contributed by atoms with Gasteiger partial charge in [0.15, 0.2) is 0 Å². The predicted molar refractivity (Wildman–Crippen MR) is 88.2 cm³/mol. The van der Waals surface area contributed by atoms with Gasteiger partial charge in [0.1, 0.15) is 12.3 Å². The van der Waals surface area contributed by atoms with Crippen LogP contribution in [0.3, 0.4) is 0 Å². The number of para-hydroxylation sites is 1. The zero-order valence-corrected chi connectivity index (χ0v) is 12.1. The van der Waals surface area contributed by atoms with Crippen molar-refractivity contribution in [1.82, 2.24) is 4.98 Å². The quantitative estimate of drug-likeness (QED) is 0.737. The van der Waals surface area contributed by atoms with Gasteiger partial charge in [-0.1, -0.05) is 54.6 Å². The van der Waals surface area contributed by atoms with E-state index in [1.807, 2.05) is 30.3 Å². The summed E-state index contributed by atoms with van der Waals surface area (Å²) >= 11 is 0. The van der Waals surface area contributed by atoms with Crippen LogP contribution in [-0.4, -0.2) is 23.5 Å². The predicted octanol–water partition coefficient (Wildman–Crippen LogP) is 3.62. The number of nitrogens with zero attached hydrogens (tertiary/aromatic N) is 2. The van der Waals surface area contributed by atoms with E-state index in [9.17, 15) is 0 Å². The molecule has 0 N–H and O–H groups in total. The van der Waals surface area contributed by atoms with E-state index in [1.165, 1.54) is 5.56 Å². The summed E-state index contributed by atoms with van der Waals surface area (Å²) < 4.78 is 5.76. The monoisotopic (exact) mass is 288 g/mol. The molecule has 0 bridgehead atoms. The highest BCUT2D eigenvalue weighted by Crippen LogP contribution is 2.17. The van der Waals surface area contributed by atoms with Gasteiger partial charge in [-0.05, 0) is 24.1 Å². The summed E-state index contributed by atoms with van der Waals surface area (Å²) in [6.45, 7) is 0.624. The van der Waals surface area contributed by atoms with Gasteiger partial charge in [-0.25, -0.2) is 9.98 Å². The van der Waals surface area contributed by atoms with E-state index in [2.05, 4.69) is 41.4 Å². The molecule has 0 aliphatic carbocycles. The molecule has 3 heteroatoms. The molecule has 3 nitrogen and oxygen atoms in total. The molecule has 0 amide bonds. The lowest BCUT2D eigenvalue weighted by Gasteiger charge is -2.04. The largest absolute Gasteiger partial charge is 0.474 e. The van der Waals surface area contributed by atoms with Gasteiger partial charge in [0, 0.05) is 5.39 Å². The molecule has 2 aromatic carbocycles. The van der Waals surface area contributed by atoms with Crippen LogP contribution in [0.4, 0.5) is 0 Å². The molecule has 1 atom stereocenters. The SMILES string of the molecule is c1ccc(C[C@H]2COC(c3ccc4ccccc4n3)=N2)cc1. The van der Waals surface area contributed by atoms with Gasteiger partial charge in [-0.3, -0.25) is 0 Å². The van der Waals surface area contributed by atoms with E-state index in [-0.39, 0.29) is 6.04 Å². The Labute approximate surface area is 129 Å². The lowest BCUT2D eigenvalue weighted by Crippen LogP contribution is -2.09. The molecular formula is C19H16N2O. The molecule has 0 spiro atoms. The number of hydrogen-bond acceptors (Lipinski definition) is 3. The van der Waals surface area contributed by atoms with Crippen molar-refractivity contribution in [2.24, 2.45) is 4.99 Å². The number of ether oxygens (including phenoxy) is 1. The van der Waals surface area contributed by atoms with Crippen LogP contribution in [0.15, 0.2) is 71.7 Å². The Kier molecular flexibility index (Phi) is 3.31. The van der Waals surface area contributed by atoms with E-state index in [1.54, 1.807) is 0 Å². The summed E-state index contributed by atoms with van der Waals surface area (Å²) in [6, 6.07) is 22.7. The second-order valence-electron chi connectivity index (χ2n) is 5.48. The standard InChI is InChI=1S/C19H16N2O/c1-2-6-14(7-3-1)12-16-13-22-19(20-16)18-11-10-15-8-4-5-9-17(15)21-18/h1-11,16H,12-13H2/t16-/m0/s1. The maximum atomic E-state index is 5.76. The highest BCUT2D eigenvalue weighted by molar-refractivity contribution is 5.95. The van der Waals surface area contributed by atoms with Gasteiger partial charge < -0.3 is 4.74 Å². The third-order valence-corrected chi connectivity index (χ3v) is 3.84. The highest BCUT2D eigenvalue weighted by atomic mass is 16.5. The third kappa shape index (κ3) is 2.58. The molecule has 4 rings (SSSR count). The van der Waals surface area contributed by atoms with Gasteiger partial charge in [0.05, 0.1) is 11.6 Å². The summed E-state index contributed by atoms with van der Waals surface area (Å²) in [4.78, 5) is 9.34. The molecule has 0 saturated heterocycles. The normalized spacial score (nSPS) is 17.3. The van der Waals surface area contributed by atoms with Crippen molar-refractivity contribution in [3.05, 3.63) is 78.0 Å². The second kappa shape index (κ2) is 5.60. The first-order valence-corrected chi connectivity index (χ1v) is 7.49. The lowest BCUT2D eigenvalue weighted by atomic mass is 10.1. The van der Waals surface area contributed by atoms with E-state index in [0.29, 0.717) is 12.5 Å². The number of fused-ring (bicyclic) bond motifs is 1. The fourth-order valence-electron chi connectivity index (χ4n) is 2.73. The zero-order valence-electron chi connectivity index (χ0n) is 12.1. The molecule has 0 saturated carbocycles. The van der Waals surface area contributed by atoms with Crippen LogP contribution in [0.5, 0.6) is 0 Å². The molecule has 0 fully saturated rings. The van der Waals surface area contributed by atoms with Crippen LogP contribution in [0.1, 0.15) is 11.3 Å². The van der Waals surface area contributed by atoms with Crippen molar-refractivity contribution < 1.29 is 4.74 Å². The van der Waals surface area contributed by atoms with Crippen molar-refractivity contribution in [2.75, 3.05) is 6.61 Å². The molecule has 108 valence electrons. The minimum absolute atomic E-state index is 0.172. The van der Waals surface area contributed by atoms with E-state index >= 15 is 0 Å². The first-order valence-electron chi connectivity index (χ1n) is 7.49. The fraction of sp³-hybridized carbons (Fsp3) is 0.158.